The highest BCUT2D eigenvalue weighted by atomic mass is 35.5. The number of nitrogens with zero attached hydrogens (tertiary/aromatic N) is 1. The zero-order valence-electron chi connectivity index (χ0n) is 13.9. The zero-order chi connectivity index (χ0) is 16.3. The van der Waals surface area contributed by atoms with Gasteiger partial charge in [0.05, 0.1) is 6.61 Å². The molecule has 1 aliphatic carbocycles. The fourth-order valence-electron chi connectivity index (χ4n) is 3.34. The van der Waals surface area contributed by atoms with Crippen LogP contribution < -0.4 is 4.72 Å². The molecule has 1 aliphatic rings. The van der Waals surface area contributed by atoms with Gasteiger partial charge in [-0.2, -0.15) is 13.1 Å². The lowest BCUT2D eigenvalue weighted by Gasteiger charge is -2.22. The Morgan fingerprint density at radius 3 is 2.67 bits per heavy atom. The molecule has 2 aromatic rings. The summed E-state index contributed by atoms with van der Waals surface area (Å²) in [7, 11) is -3.66. The molecule has 0 aliphatic heterocycles. The molecule has 1 aromatic heterocycles. The van der Waals surface area contributed by atoms with Crippen molar-refractivity contribution in [3.8, 4) is 0 Å². The van der Waals surface area contributed by atoms with E-state index in [0.29, 0.717) is 6.54 Å². The van der Waals surface area contributed by atoms with E-state index in [2.05, 4.69) is 21.4 Å². The van der Waals surface area contributed by atoms with Gasteiger partial charge in [0.15, 0.2) is 0 Å². The van der Waals surface area contributed by atoms with Crippen LogP contribution in [0, 0.1) is 6.92 Å². The van der Waals surface area contributed by atoms with E-state index < -0.39 is 10.3 Å². The SMILES string of the molecule is Cc1cc2ccccc2n1CCOS(=O)(=O)NC1CCCCC1.Cl. The van der Waals surface area contributed by atoms with Crippen molar-refractivity contribution in [2.75, 3.05) is 6.61 Å². The number of para-hydroxylation sites is 1. The summed E-state index contributed by atoms with van der Waals surface area (Å²) in [4.78, 5) is 0. The number of fused-ring (bicyclic) bond motifs is 1. The van der Waals surface area contributed by atoms with Gasteiger partial charge in [-0.15, -0.1) is 12.4 Å². The monoisotopic (exact) mass is 372 g/mol. The van der Waals surface area contributed by atoms with Gasteiger partial charge in [-0.3, -0.25) is 4.18 Å². The Morgan fingerprint density at radius 2 is 1.92 bits per heavy atom. The molecule has 1 N–H and O–H groups in total. The molecule has 0 bridgehead atoms. The maximum atomic E-state index is 12.0. The lowest BCUT2D eigenvalue weighted by molar-refractivity contribution is 0.286. The van der Waals surface area contributed by atoms with Gasteiger partial charge in [-0.05, 0) is 37.3 Å². The summed E-state index contributed by atoms with van der Waals surface area (Å²) in [5, 5.41) is 1.16. The van der Waals surface area contributed by atoms with Crippen LogP contribution in [0.1, 0.15) is 37.8 Å². The number of nitrogens with one attached hydrogen (secondary N) is 1. The van der Waals surface area contributed by atoms with Crippen LogP contribution in [0.15, 0.2) is 30.3 Å². The Hall–Kier alpha value is -1.08. The Bertz CT molecular complexity index is 767. The molecule has 5 nitrogen and oxygen atoms in total. The van der Waals surface area contributed by atoms with Crippen LogP contribution in [0.5, 0.6) is 0 Å². The molecule has 0 atom stereocenters. The second kappa shape index (κ2) is 8.34. The Morgan fingerprint density at radius 1 is 1.21 bits per heavy atom. The van der Waals surface area contributed by atoms with E-state index in [1.807, 2.05) is 25.1 Å². The van der Waals surface area contributed by atoms with E-state index in [1.165, 1.54) is 6.42 Å². The lowest BCUT2D eigenvalue weighted by atomic mass is 9.96. The minimum Gasteiger partial charge on any atom is -0.343 e. The van der Waals surface area contributed by atoms with Gasteiger partial charge >= 0.3 is 10.3 Å². The number of aromatic nitrogens is 1. The first-order valence-electron chi connectivity index (χ1n) is 8.27. The summed E-state index contributed by atoms with van der Waals surface area (Å²) in [6, 6.07) is 10.2. The first kappa shape index (κ1) is 19.2. The first-order valence-corrected chi connectivity index (χ1v) is 9.67. The fourth-order valence-corrected chi connectivity index (χ4v) is 4.35. The molecule has 0 radical (unpaired) electrons. The number of aryl methyl sites for hydroxylation is 1. The molecule has 0 unspecified atom stereocenters. The first-order chi connectivity index (χ1) is 11.1. The standard InChI is InChI=1S/C17H24N2O3S.ClH/c1-14-13-15-7-5-6-10-17(15)19(14)11-12-22-23(20,21)18-16-8-3-2-4-9-16;/h5-7,10,13,16,18H,2-4,8-9,11-12H2,1H3;1H. The van der Waals surface area contributed by atoms with Crippen LogP contribution >= 0.6 is 12.4 Å². The highest BCUT2D eigenvalue weighted by Crippen LogP contribution is 2.20. The summed E-state index contributed by atoms with van der Waals surface area (Å²) in [6.07, 6.45) is 5.18. The van der Waals surface area contributed by atoms with Gasteiger partial charge < -0.3 is 4.57 Å². The molecule has 0 spiro atoms. The van der Waals surface area contributed by atoms with Crippen molar-refractivity contribution < 1.29 is 12.6 Å². The third kappa shape index (κ3) is 4.72. The third-order valence-corrected chi connectivity index (χ3v) is 5.59. The molecule has 7 heteroatoms. The van der Waals surface area contributed by atoms with Crippen LogP contribution in [-0.2, 0) is 21.0 Å². The molecule has 134 valence electrons. The highest BCUT2D eigenvalue weighted by molar-refractivity contribution is 7.84. The number of hydrogen-bond donors (Lipinski definition) is 1. The van der Waals surface area contributed by atoms with Gasteiger partial charge in [0.1, 0.15) is 0 Å². The van der Waals surface area contributed by atoms with Crippen molar-refractivity contribution in [1.82, 2.24) is 9.29 Å². The predicted molar refractivity (Wildman–Crippen MR) is 98.8 cm³/mol. The maximum absolute atomic E-state index is 12.0. The van der Waals surface area contributed by atoms with E-state index in [1.54, 1.807) is 0 Å². The molecule has 0 amide bonds. The second-order valence-corrected chi connectivity index (χ2v) is 7.60. The van der Waals surface area contributed by atoms with E-state index in [9.17, 15) is 8.42 Å². The summed E-state index contributed by atoms with van der Waals surface area (Å²) in [5.74, 6) is 0. The van der Waals surface area contributed by atoms with Crippen LogP contribution in [-0.4, -0.2) is 25.6 Å². The van der Waals surface area contributed by atoms with Crippen molar-refractivity contribution in [2.45, 2.75) is 51.6 Å². The molecule has 1 fully saturated rings. The highest BCUT2D eigenvalue weighted by Gasteiger charge is 2.20. The largest absolute Gasteiger partial charge is 0.343 e. The quantitative estimate of drug-likeness (QED) is 0.843. The number of hydrogen-bond acceptors (Lipinski definition) is 3. The Kier molecular flexibility index (Phi) is 6.69. The Labute approximate surface area is 150 Å². The summed E-state index contributed by atoms with van der Waals surface area (Å²) in [6.45, 7) is 2.68. The molecule has 3 rings (SSSR count). The van der Waals surface area contributed by atoms with Gasteiger partial charge in [0.25, 0.3) is 0 Å². The van der Waals surface area contributed by atoms with E-state index >= 15 is 0 Å². The van der Waals surface area contributed by atoms with E-state index in [4.69, 9.17) is 4.18 Å². The molecule has 0 saturated heterocycles. The van der Waals surface area contributed by atoms with Crippen LogP contribution in [0.25, 0.3) is 10.9 Å². The third-order valence-electron chi connectivity index (χ3n) is 4.49. The predicted octanol–water partition coefficient (Wildman–Crippen LogP) is 3.56. The normalized spacial score (nSPS) is 16.2. The molecule has 24 heavy (non-hydrogen) atoms. The molecule has 1 aromatic carbocycles. The fraction of sp³-hybridized carbons (Fsp3) is 0.529. The number of rotatable bonds is 6. The van der Waals surface area contributed by atoms with Gasteiger partial charge in [0.2, 0.25) is 0 Å². The smallest absolute Gasteiger partial charge is 0.336 e. The molecular weight excluding hydrogens is 348 g/mol. The van der Waals surface area contributed by atoms with Gasteiger partial charge in [-0.25, -0.2) is 0 Å². The van der Waals surface area contributed by atoms with Crippen LogP contribution in [0.2, 0.25) is 0 Å². The number of benzene rings is 1. The topological polar surface area (TPSA) is 60.3 Å². The average molecular weight is 373 g/mol. The molecule has 1 heterocycles. The summed E-state index contributed by atoms with van der Waals surface area (Å²) in [5.41, 5.74) is 2.21. The van der Waals surface area contributed by atoms with Crippen LogP contribution in [0.3, 0.4) is 0 Å². The zero-order valence-corrected chi connectivity index (χ0v) is 15.5. The van der Waals surface area contributed by atoms with Crippen LogP contribution in [0.4, 0.5) is 0 Å². The molecular formula is C17H25ClN2O3S. The number of halogens is 1. The minimum absolute atomic E-state index is 0. The van der Waals surface area contributed by atoms with Crippen molar-refractivity contribution in [1.29, 1.82) is 0 Å². The van der Waals surface area contributed by atoms with E-state index in [-0.39, 0.29) is 25.1 Å². The van der Waals surface area contributed by atoms with Gasteiger partial charge in [0, 0.05) is 23.8 Å². The van der Waals surface area contributed by atoms with Gasteiger partial charge in [-0.1, -0.05) is 37.5 Å². The maximum Gasteiger partial charge on any atom is 0.336 e. The van der Waals surface area contributed by atoms with Crippen molar-refractivity contribution in [3.05, 3.63) is 36.0 Å². The summed E-state index contributed by atoms with van der Waals surface area (Å²) >= 11 is 0. The lowest BCUT2D eigenvalue weighted by Crippen LogP contribution is -2.37. The minimum atomic E-state index is -3.66. The Balaban J connectivity index is 0.00000208. The van der Waals surface area contributed by atoms with E-state index in [0.717, 1.165) is 42.3 Å². The molecule has 1 saturated carbocycles. The average Bonchev–Trinajstić information content (AvgIpc) is 2.84. The summed E-state index contributed by atoms with van der Waals surface area (Å²) < 4.78 is 34.0. The second-order valence-electron chi connectivity index (χ2n) is 6.23. The van der Waals surface area contributed by atoms with Crippen molar-refractivity contribution >= 4 is 33.6 Å². The van der Waals surface area contributed by atoms with Crippen molar-refractivity contribution in [3.63, 3.8) is 0 Å². The van der Waals surface area contributed by atoms with Crippen molar-refractivity contribution in [2.24, 2.45) is 0 Å².